The summed E-state index contributed by atoms with van der Waals surface area (Å²) in [5.41, 5.74) is 1.74. The number of piperazine rings is 1. The van der Waals surface area contributed by atoms with Crippen LogP contribution in [0.5, 0.6) is 0 Å². The Kier molecular flexibility index (Phi) is 4.96. The highest BCUT2D eigenvalue weighted by atomic mass is 16.2. The highest BCUT2D eigenvalue weighted by Crippen LogP contribution is 2.48. The third kappa shape index (κ3) is 3.56. The molecule has 2 amide bonds. The van der Waals surface area contributed by atoms with E-state index in [2.05, 4.69) is 12.1 Å². The van der Waals surface area contributed by atoms with Crippen molar-refractivity contribution in [2.24, 2.45) is 5.92 Å². The number of amides is 2. The summed E-state index contributed by atoms with van der Waals surface area (Å²) in [7, 11) is 0. The normalized spacial score (nSPS) is 22.1. The molecule has 4 rings (SSSR count). The fraction of sp³-hybridized carbons (Fsp3) is 0.417. The molecule has 1 saturated heterocycles. The lowest BCUT2D eigenvalue weighted by atomic mass is 9.83. The highest BCUT2D eigenvalue weighted by molar-refractivity contribution is 5.88. The van der Waals surface area contributed by atoms with E-state index in [1.54, 1.807) is 0 Å². The summed E-state index contributed by atoms with van der Waals surface area (Å²) in [4.78, 5) is 29.8. The van der Waals surface area contributed by atoms with E-state index in [9.17, 15) is 9.59 Å². The van der Waals surface area contributed by atoms with Crippen LogP contribution in [0.2, 0.25) is 0 Å². The van der Waals surface area contributed by atoms with Gasteiger partial charge in [0.25, 0.3) is 0 Å². The zero-order valence-electron chi connectivity index (χ0n) is 16.7. The van der Waals surface area contributed by atoms with Crippen molar-refractivity contribution >= 4 is 11.8 Å². The summed E-state index contributed by atoms with van der Waals surface area (Å²) >= 11 is 0. The van der Waals surface area contributed by atoms with E-state index in [4.69, 9.17) is 0 Å². The second-order valence-electron chi connectivity index (χ2n) is 8.47. The van der Waals surface area contributed by atoms with E-state index >= 15 is 0 Å². The third-order valence-corrected chi connectivity index (χ3v) is 6.24. The van der Waals surface area contributed by atoms with Crippen LogP contribution in [0.25, 0.3) is 0 Å². The molecule has 0 unspecified atom stereocenters. The predicted molar refractivity (Wildman–Crippen MR) is 110 cm³/mol. The minimum atomic E-state index is -0.553. The largest absolute Gasteiger partial charge is 0.339 e. The fourth-order valence-corrected chi connectivity index (χ4v) is 4.27. The summed E-state index contributed by atoms with van der Waals surface area (Å²) in [6, 6.07) is 20.2. The second-order valence-corrected chi connectivity index (χ2v) is 8.47. The van der Waals surface area contributed by atoms with Crippen LogP contribution in [-0.2, 0) is 15.0 Å². The van der Waals surface area contributed by atoms with E-state index in [1.807, 2.05) is 72.2 Å². The molecule has 28 heavy (non-hydrogen) atoms. The van der Waals surface area contributed by atoms with Gasteiger partial charge < -0.3 is 9.80 Å². The van der Waals surface area contributed by atoms with Gasteiger partial charge in [-0.25, -0.2) is 0 Å². The molecule has 2 atom stereocenters. The van der Waals surface area contributed by atoms with Crippen LogP contribution in [0, 0.1) is 5.92 Å². The van der Waals surface area contributed by atoms with Crippen LogP contribution in [0.1, 0.15) is 37.3 Å². The molecule has 4 heteroatoms. The van der Waals surface area contributed by atoms with Gasteiger partial charge in [-0.1, -0.05) is 60.7 Å². The van der Waals surface area contributed by atoms with Gasteiger partial charge in [0.05, 0.1) is 5.41 Å². The van der Waals surface area contributed by atoms with Gasteiger partial charge in [0.2, 0.25) is 11.8 Å². The molecule has 1 heterocycles. The molecular weight excluding hydrogens is 348 g/mol. The summed E-state index contributed by atoms with van der Waals surface area (Å²) in [6.07, 6.45) is 0.947. The Morgan fingerprint density at radius 3 is 1.96 bits per heavy atom. The van der Waals surface area contributed by atoms with E-state index in [0.29, 0.717) is 32.1 Å². The first-order chi connectivity index (χ1) is 13.5. The van der Waals surface area contributed by atoms with Gasteiger partial charge in [-0.3, -0.25) is 9.59 Å². The summed E-state index contributed by atoms with van der Waals surface area (Å²) in [5, 5.41) is 0. The van der Waals surface area contributed by atoms with Crippen LogP contribution in [0.4, 0.5) is 0 Å². The Hall–Kier alpha value is -2.62. The van der Waals surface area contributed by atoms with Crippen molar-refractivity contribution in [1.82, 2.24) is 9.80 Å². The van der Waals surface area contributed by atoms with Crippen LogP contribution in [0.3, 0.4) is 0 Å². The predicted octanol–water partition coefficient (Wildman–Crippen LogP) is 3.44. The van der Waals surface area contributed by atoms with Gasteiger partial charge in [0.15, 0.2) is 0 Å². The number of nitrogens with zero attached hydrogens (tertiary/aromatic N) is 2. The summed E-state index contributed by atoms with van der Waals surface area (Å²) in [6.45, 7) is 6.46. The van der Waals surface area contributed by atoms with Crippen molar-refractivity contribution in [3.8, 4) is 0 Å². The number of carbonyl (C=O) groups is 2. The topological polar surface area (TPSA) is 40.6 Å². The first-order valence-electron chi connectivity index (χ1n) is 10.2. The fourth-order valence-electron chi connectivity index (χ4n) is 4.27. The van der Waals surface area contributed by atoms with Crippen LogP contribution < -0.4 is 0 Å². The summed E-state index contributed by atoms with van der Waals surface area (Å²) < 4.78 is 0. The van der Waals surface area contributed by atoms with Gasteiger partial charge in [-0.05, 0) is 37.3 Å². The maximum absolute atomic E-state index is 13.1. The zero-order valence-corrected chi connectivity index (χ0v) is 16.7. The maximum Gasteiger partial charge on any atom is 0.232 e. The molecule has 1 saturated carbocycles. The third-order valence-electron chi connectivity index (χ3n) is 6.24. The molecule has 2 fully saturated rings. The van der Waals surface area contributed by atoms with Crippen LogP contribution in [0.15, 0.2) is 60.7 Å². The van der Waals surface area contributed by atoms with E-state index < -0.39 is 5.41 Å². The molecule has 2 aliphatic rings. The van der Waals surface area contributed by atoms with Gasteiger partial charge >= 0.3 is 0 Å². The average molecular weight is 377 g/mol. The molecule has 4 nitrogen and oxygen atoms in total. The van der Waals surface area contributed by atoms with Crippen molar-refractivity contribution in [3.05, 3.63) is 71.8 Å². The molecule has 0 N–H and O–H groups in total. The lowest BCUT2D eigenvalue weighted by Gasteiger charge is -2.39. The van der Waals surface area contributed by atoms with Crippen LogP contribution >= 0.6 is 0 Å². The lowest BCUT2D eigenvalue weighted by Crippen LogP contribution is -2.54. The Labute approximate surface area is 167 Å². The standard InChI is InChI=1S/C24H28N2O2/c1-24(2,19-11-7-4-8-12-19)23(28)26-15-13-25(14-16-26)22(27)21-17-20(21)18-9-5-3-6-10-18/h3-12,20-21H,13-17H2,1-2H3/t20-,21+/m1/s1. The first kappa shape index (κ1) is 18.7. The van der Waals surface area contributed by atoms with E-state index in [-0.39, 0.29) is 17.7 Å². The minimum Gasteiger partial charge on any atom is -0.339 e. The zero-order chi connectivity index (χ0) is 19.7. The second kappa shape index (κ2) is 7.42. The number of hydrogen-bond acceptors (Lipinski definition) is 2. The summed E-state index contributed by atoms with van der Waals surface area (Å²) in [5.74, 6) is 0.874. The number of rotatable bonds is 4. The Morgan fingerprint density at radius 2 is 1.36 bits per heavy atom. The molecule has 2 aromatic rings. The molecule has 0 bridgehead atoms. The lowest BCUT2D eigenvalue weighted by molar-refractivity contribution is -0.143. The molecule has 1 aliphatic heterocycles. The Balaban J connectivity index is 1.34. The Morgan fingerprint density at radius 1 is 0.821 bits per heavy atom. The average Bonchev–Trinajstić information content (AvgIpc) is 3.55. The van der Waals surface area contributed by atoms with Crippen molar-refractivity contribution < 1.29 is 9.59 Å². The highest BCUT2D eigenvalue weighted by Gasteiger charge is 2.46. The Bertz CT molecular complexity index is 839. The van der Waals surface area contributed by atoms with Gasteiger partial charge in [-0.2, -0.15) is 0 Å². The van der Waals surface area contributed by atoms with Crippen molar-refractivity contribution in [3.63, 3.8) is 0 Å². The van der Waals surface area contributed by atoms with Gasteiger partial charge in [0, 0.05) is 32.1 Å². The first-order valence-corrected chi connectivity index (χ1v) is 10.2. The molecule has 0 aromatic heterocycles. The molecular formula is C24H28N2O2. The molecule has 146 valence electrons. The monoisotopic (exact) mass is 376 g/mol. The van der Waals surface area contributed by atoms with E-state index in [0.717, 1.165) is 12.0 Å². The maximum atomic E-state index is 13.1. The number of carbonyl (C=O) groups excluding carboxylic acids is 2. The molecule has 2 aromatic carbocycles. The van der Waals surface area contributed by atoms with Crippen LogP contribution in [-0.4, -0.2) is 47.8 Å². The molecule has 0 spiro atoms. The van der Waals surface area contributed by atoms with Gasteiger partial charge in [0.1, 0.15) is 0 Å². The van der Waals surface area contributed by atoms with E-state index in [1.165, 1.54) is 5.56 Å². The number of benzene rings is 2. The van der Waals surface area contributed by atoms with Crippen molar-refractivity contribution in [2.75, 3.05) is 26.2 Å². The quantitative estimate of drug-likeness (QED) is 0.820. The minimum absolute atomic E-state index is 0.116. The smallest absolute Gasteiger partial charge is 0.232 e. The molecule has 0 radical (unpaired) electrons. The molecule has 1 aliphatic carbocycles. The van der Waals surface area contributed by atoms with Crippen molar-refractivity contribution in [1.29, 1.82) is 0 Å². The number of hydrogen-bond donors (Lipinski definition) is 0. The SMILES string of the molecule is CC(C)(C(=O)N1CCN(C(=O)[C@H]2C[C@@H]2c2ccccc2)CC1)c1ccccc1. The van der Waals surface area contributed by atoms with Gasteiger partial charge in [-0.15, -0.1) is 0 Å². The van der Waals surface area contributed by atoms with Crippen molar-refractivity contribution in [2.45, 2.75) is 31.6 Å².